The number of hydrogen-bond donors (Lipinski definition) is 0. The zero-order chi connectivity index (χ0) is 12.5. The van der Waals surface area contributed by atoms with Gasteiger partial charge in [0.15, 0.2) is 0 Å². The number of halogens is 2. The lowest BCUT2D eigenvalue weighted by molar-refractivity contribution is 1.18. The number of rotatable bonds is 1. The first-order chi connectivity index (χ1) is 8.74. The fourth-order valence-electron chi connectivity index (χ4n) is 1.98. The van der Waals surface area contributed by atoms with E-state index in [0.29, 0.717) is 11.6 Å². The molecule has 1 aliphatic rings. The Labute approximate surface area is 116 Å². The molecule has 0 N–H and O–H groups in total. The van der Waals surface area contributed by atoms with Crippen molar-refractivity contribution in [3.63, 3.8) is 0 Å². The number of aliphatic imine (C=N–C) groups is 1. The summed E-state index contributed by atoms with van der Waals surface area (Å²) in [6.07, 6.45) is 0. The number of fused-ring (bicyclic) bond motifs is 1. The van der Waals surface area contributed by atoms with Gasteiger partial charge in [-0.15, -0.1) is 0 Å². The fourth-order valence-corrected chi connectivity index (χ4v) is 2.40. The molecule has 0 saturated heterocycles. The van der Waals surface area contributed by atoms with Gasteiger partial charge in [0.25, 0.3) is 0 Å². The highest BCUT2D eigenvalue weighted by Gasteiger charge is 2.19. The van der Waals surface area contributed by atoms with E-state index in [1.807, 2.05) is 48.5 Å². The highest BCUT2D eigenvalue weighted by Crippen LogP contribution is 2.36. The van der Waals surface area contributed by atoms with Crippen LogP contribution in [0.3, 0.4) is 0 Å². The topological polar surface area (TPSA) is 15.6 Å². The molecular formula is C14H10Cl2N2. The summed E-state index contributed by atoms with van der Waals surface area (Å²) in [6, 6.07) is 15.5. The van der Waals surface area contributed by atoms with Crippen molar-refractivity contribution in [1.82, 2.24) is 0 Å². The van der Waals surface area contributed by atoms with Gasteiger partial charge in [0.1, 0.15) is 0 Å². The van der Waals surface area contributed by atoms with Crippen molar-refractivity contribution >= 4 is 40.5 Å². The summed E-state index contributed by atoms with van der Waals surface area (Å²) in [5, 5.41) is 0.664. The number of anilines is 1. The summed E-state index contributed by atoms with van der Waals surface area (Å²) in [4.78, 5) is 4.63. The minimum atomic E-state index is 0.584. The van der Waals surface area contributed by atoms with Gasteiger partial charge < -0.3 is 0 Å². The van der Waals surface area contributed by atoms with Gasteiger partial charge in [-0.1, -0.05) is 41.9 Å². The van der Waals surface area contributed by atoms with Crippen molar-refractivity contribution in [1.29, 1.82) is 0 Å². The average molecular weight is 277 g/mol. The van der Waals surface area contributed by atoms with Crippen molar-refractivity contribution in [2.24, 2.45) is 4.99 Å². The van der Waals surface area contributed by atoms with Crippen molar-refractivity contribution in [3.05, 3.63) is 59.1 Å². The molecule has 2 nitrogen and oxygen atoms in total. The molecule has 0 aliphatic carbocycles. The summed E-state index contributed by atoms with van der Waals surface area (Å²) < 4.78 is 1.67. The maximum atomic E-state index is 6.25. The van der Waals surface area contributed by atoms with E-state index in [9.17, 15) is 0 Å². The average Bonchev–Trinajstić information content (AvgIpc) is 2.39. The molecule has 0 unspecified atom stereocenters. The van der Waals surface area contributed by atoms with E-state index in [-0.39, 0.29) is 0 Å². The third-order valence-electron chi connectivity index (χ3n) is 2.85. The zero-order valence-corrected chi connectivity index (χ0v) is 11.0. The molecule has 0 amide bonds. The van der Waals surface area contributed by atoms with E-state index in [1.54, 1.807) is 4.42 Å². The minimum Gasteiger partial charge on any atom is -0.277 e. The number of nitrogens with zero attached hydrogens (tertiary/aromatic N) is 2. The van der Waals surface area contributed by atoms with E-state index >= 15 is 0 Å². The van der Waals surface area contributed by atoms with Crippen LogP contribution in [-0.2, 0) is 0 Å². The Morgan fingerprint density at radius 1 is 1.06 bits per heavy atom. The second-order valence-corrected chi connectivity index (χ2v) is 4.92. The second kappa shape index (κ2) is 4.63. The Morgan fingerprint density at radius 2 is 1.83 bits per heavy atom. The lowest BCUT2D eigenvalue weighted by atomic mass is 10.1. The zero-order valence-electron chi connectivity index (χ0n) is 9.48. The molecule has 2 aromatic rings. The van der Waals surface area contributed by atoms with Crippen LogP contribution in [0.15, 0.2) is 53.5 Å². The Balaban J connectivity index is 2.10. The van der Waals surface area contributed by atoms with Gasteiger partial charge in [-0.25, -0.2) is 4.99 Å². The normalized spacial score (nSPS) is 14.1. The van der Waals surface area contributed by atoms with Crippen molar-refractivity contribution in [2.75, 3.05) is 11.0 Å². The molecule has 0 aromatic heterocycles. The molecule has 90 valence electrons. The van der Waals surface area contributed by atoms with E-state index in [0.717, 1.165) is 22.6 Å². The lowest BCUT2D eigenvalue weighted by Crippen LogP contribution is -2.24. The van der Waals surface area contributed by atoms with Gasteiger partial charge in [-0.2, -0.15) is 0 Å². The molecule has 18 heavy (non-hydrogen) atoms. The van der Waals surface area contributed by atoms with Gasteiger partial charge in [0, 0.05) is 16.8 Å². The first-order valence-corrected chi connectivity index (χ1v) is 6.31. The van der Waals surface area contributed by atoms with E-state index in [2.05, 4.69) is 4.99 Å². The van der Waals surface area contributed by atoms with Crippen LogP contribution in [0.1, 0.15) is 5.56 Å². The van der Waals surface area contributed by atoms with E-state index in [1.165, 1.54) is 0 Å². The van der Waals surface area contributed by atoms with Gasteiger partial charge in [0.05, 0.1) is 23.6 Å². The van der Waals surface area contributed by atoms with Crippen LogP contribution >= 0.6 is 23.4 Å². The highest BCUT2D eigenvalue weighted by atomic mass is 35.5. The van der Waals surface area contributed by atoms with Crippen molar-refractivity contribution < 1.29 is 0 Å². The first-order valence-electron chi connectivity index (χ1n) is 5.60. The molecule has 0 atom stereocenters. The summed E-state index contributed by atoms with van der Waals surface area (Å²) in [6.45, 7) is 0.584. The third-order valence-corrected chi connectivity index (χ3v) is 3.39. The molecule has 1 heterocycles. The van der Waals surface area contributed by atoms with E-state index in [4.69, 9.17) is 23.4 Å². The maximum Gasteiger partial charge on any atom is 0.0894 e. The number of hydrogen-bond acceptors (Lipinski definition) is 2. The lowest BCUT2D eigenvalue weighted by Gasteiger charge is -2.24. The summed E-state index contributed by atoms with van der Waals surface area (Å²) in [5.41, 5.74) is 3.72. The quantitative estimate of drug-likeness (QED) is 0.704. The SMILES string of the molecule is Clc1ccc2c(c1)N=C(c1ccccc1)CN2Cl. The summed E-state index contributed by atoms with van der Waals surface area (Å²) in [5.74, 6) is 0. The third kappa shape index (κ3) is 2.09. The van der Waals surface area contributed by atoms with Crippen LogP contribution < -0.4 is 4.42 Å². The maximum absolute atomic E-state index is 6.25. The first kappa shape index (κ1) is 11.6. The van der Waals surface area contributed by atoms with E-state index < -0.39 is 0 Å². The van der Waals surface area contributed by atoms with Gasteiger partial charge >= 0.3 is 0 Å². The Hall–Kier alpha value is -1.51. The molecule has 4 heteroatoms. The van der Waals surface area contributed by atoms with Crippen LogP contribution in [0.25, 0.3) is 0 Å². The molecule has 0 radical (unpaired) electrons. The van der Waals surface area contributed by atoms with Crippen LogP contribution in [0, 0.1) is 0 Å². The molecule has 0 spiro atoms. The molecule has 2 aromatic carbocycles. The van der Waals surface area contributed by atoms with Gasteiger partial charge in [-0.05, 0) is 23.8 Å². The Kier molecular flexibility index (Phi) is 2.98. The largest absolute Gasteiger partial charge is 0.277 e. The monoisotopic (exact) mass is 276 g/mol. The molecular weight excluding hydrogens is 267 g/mol. The second-order valence-electron chi connectivity index (χ2n) is 4.08. The Bertz CT molecular complexity index is 608. The van der Waals surface area contributed by atoms with Crippen LogP contribution in [0.2, 0.25) is 5.02 Å². The highest BCUT2D eigenvalue weighted by molar-refractivity contribution is 6.32. The molecule has 0 saturated carbocycles. The van der Waals surface area contributed by atoms with Gasteiger partial charge in [0.2, 0.25) is 0 Å². The van der Waals surface area contributed by atoms with Crippen LogP contribution in [0.4, 0.5) is 11.4 Å². The van der Waals surface area contributed by atoms with Gasteiger partial charge in [-0.3, -0.25) is 4.42 Å². The predicted octanol–water partition coefficient (Wildman–Crippen LogP) is 4.43. The van der Waals surface area contributed by atoms with Crippen LogP contribution in [0.5, 0.6) is 0 Å². The minimum absolute atomic E-state index is 0.584. The molecule has 1 aliphatic heterocycles. The fraction of sp³-hybridized carbons (Fsp3) is 0.0714. The Morgan fingerprint density at radius 3 is 2.61 bits per heavy atom. The standard InChI is InChI=1S/C14H10Cl2N2/c15-11-6-7-14-12(8-11)17-13(9-18(14)16)10-4-2-1-3-5-10/h1-8H,9H2. The molecule has 0 fully saturated rings. The van der Waals surface area contributed by atoms with Crippen molar-refractivity contribution in [3.8, 4) is 0 Å². The summed E-state index contributed by atoms with van der Waals surface area (Å²) >= 11 is 12.2. The molecule has 3 rings (SSSR count). The number of benzene rings is 2. The summed E-state index contributed by atoms with van der Waals surface area (Å²) in [7, 11) is 0. The van der Waals surface area contributed by atoms with Crippen molar-refractivity contribution in [2.45, 2.75) is 0 Å². The smallest absolute Gasteiger partial charge is 0.0894 e. The predicted molar refractivity (Wildman–Crippen MR) is 77.3 cm³/mol. The molecule has 0 bridgehead atoms. The van der Waals surface area contributed by atoms with Crippen LogP contribution in [-0.4, -0.2) is 12.3 Å².